The molecule has 0 fully saturated rings. The van der Waals surface area contributed by atoms with Crippen molar-refractivity contribution in [2.45, 2.75) is 46.3 Å². The van der Waals surface area contributed by atoms with Crippen LogP contribution < -0.4 is 11.1 Å². The number of nitrogens with two attached hydrogens (primary N) is 1. The first-order chi connectivity index (χ1) is 13.7. The van der Waals surface area contributed by atoms with Gasteiger partial charge < -0.3 is 19.9 Å². The van der Waals surface area contributed by atoms with Crippen LogP contribution in [0.4, 0.5) is 10.1 Å². The van der Waals surface area contributed by atoms with E-state index in [1.54, 1.807) is 12.1 Å². The zero-order valence-corrected chi connectivity index (χ0v) is 16.8. The number of nitrogens with one attached hydrogen (secondary N) is 1. The van der Waals surface area contributed by atoms with Gasteiger partial charge >= 0.3 is 0 Å². The number of rotatable bonds is 7. The first kappa shape index (κ1) is 20.6. The Morgan fingerprint density at radius 1 is 1.10 bits per heavy atom. The molecule has 1 aromatic carbocycles. The lowest BCUT2D eigenvalue weighted by atomic mass is 10.2. The van der Waals surface area contributed by atoms with Gasteiger partial charge in [-0.15, -0.1) is 0 Å². The van der Waals surface area contributed by atoms with Gasteiger partial charge in [0, 0.05) is 17.5 Å². The summed E-state index contributed by atoms with van der Waals surface area (Å²) in [7, 11) is 0. The number of amides is 2. The van der Waals surface area contributed by atoms with Gasteiger partial charge in [-0.1, -0.05) is 0 Å². The first-order valence-electron chi connectivity index (χ1n) is 9.35. The van der Waals surface area contributed by atoms with Crippen LogP contribution in [0.1, 0.15) is 54.6 Å². The third kappa shape index (κ3) is 4.32. The van der Waals surface area contributed by atoms with E-state index >= 15 is 0 Å². The fraction of sp³-hybridized carbons (Fsp3) is 0.333. The predicted octanol–water partition coefficient (Wildman–Crippen LogP) is 4.13. The lowest BCUT2D eigenvalue weighted by Crippen LogP contribution is -2.36. The molecule has 2 heterocycles. The van der Waals surface area contributed by atoms with E-state index in [2.05, 4.69) is 37.9 Å². The third-order valence-electron chi connectivity index (χ3n) is 4.66. The molecule has 2 aromatic heterocycles. The monoisotopic (exact) mass is 401 g/mol. The van der Waals surface area contributed by atoms with E-state index in [-0.39, 0.29) is 28.2 Å². The molecule has 154 valence electrons. The van der Waals surface area contributed by atoms with Gasteiger partial charge in [0.1, 0.15) is 22.8 Å². The van der Waals surface area contributed by atoms with Crippen LogP contribution in [-0.2, 0) is 6.54 Å². The number of anilines is 1. The van der Waals surface area contributed by atoms with E-state index < -0.39 is 17.6 Å². The van der Waals surface area contributed by atoms with Gasteiger partial charge in [0.05, 0.1) is 6.54 Å². The molecule has 0 aliphatic heterocycles. The van der Waals surface area contributed by atoms with Crippen LogP contribution in [0.3, 0.4) is 0 Å². The molecule has 0 aliphatic rings. The summed E-state index contributed by atoms with van der Waals surface area (Å²) >= 11 is 0. The van der Waals surface area contributed by atoms with Crippen molar-refractivity contribution in [3.8, 4) is 0 Å². The maximum absolute atomic E-state index is 13.6. The van der Waals surface area contributed by atoms with Crippen LogP contribution >= 0.6 is 0 Å². The summed E-state index contributed by atoms with van der Waals surface area (Å²) in [6.45, 7) is 8.90. The summed E-state index contributed by atoms with van der Waals surface area (Å²) in [6, 6.07) is 7.62. The molecule has 0 saturated heterocycles. The summed E-state index contributed by atoms with van der Waals surface area (Å²) in [4.78, 5) is 26.6. The van der Waals surface area contributed by atoms with Crippen molar-refractivity contribution in [3.63, 3.8) is 0 Å². The molecule has 0 unspecified atom stereocenters. The van der Waals surface area contributed by atoms with Crippen molar-refractivity contribution < 1.29 is 22.8 Å². The zero-order chi connectivity index (χ0) is 21.3. The van der Waals surface area contributed by atoms with Crippen LogP contribution in [0, 0.1) is 5.82 Å². The van der Waals surface area contributed by atoms with Crippen LogP contribution in [0.15, 0.2) is 39.2 Å². The average molecular weight is 401 g/mol. The van der Waals surface area contributed by atoms with Crippen molar-refractivity contribution >= 4 is 28.5 Å². The SMILES string of the molecule is CC(C)N(Cc1ccc(C(=O)Nc2c(C(N)=O)oc3ccc(F)cc23)o1)C(C)C. The minimum Gasteiger partial charge on any atom is -0.455 e. The topological polar surface area (TPSA) is 102 Å². The van der Waals surface area contributed by atoms with E-state index in [4.69, 9.17) is 14.6 Å². The number of benzene rings is 1. The van der Waals surface area contributed by atoms with Gasteiger partial charge in [0.2, 0.25) is 5.76 Å². The van der Waals surface area contributed by atoms with E-state index in [1.165, 1.54) is 12.1 Å². The van der Waals surface area contributed by atoms with Crippen molar-refractivity contribution in [1.29, 1.82) is 0 Å². The molecule has 0 atom stereocenters. The number of hydrogen-bond donors (Lipinski definition) is 2. The van der Waals surface area contributed by atoms with Gasteiger partial charge in [-0.05, 0) is 58.0 Å². The maximum atomic E-state index is 13.6. The number of fused-ring (bicyclic) bond motifs is 1. The van der Waals surface area contributed by atoms with Crippen molar-refractivity contribution in [1.82, 2.24) is 4.90 Å². The highest BCUT2D eigenvalue weighted by Crippen LogP contribution is 2.32. The van der Waals surface area contributed by atoms with Gasteiger partial charge in [0.25, 0.3) is 11.8 Å². The quantitative estimate of drug-likeness (QED) is 0.620. The minimum absolute atomic E-state index is 0.0148. The van der Waals surface area contributed by atoms with E-state index in [0.29, 0.717) is 24.4 Å². The molecular weight excluding hydrogens is 377 g/mol. The number of nitrogens with zero attached hydrogens (tertiary/aromatic N) is 1. The molecular formula is C21H24FN3O4. The Morgan fingerprint density at radius 2 is 1.79 bits per heavy atom. The largest absolute Gasteiger partial charge is 0.455 e. The van der Waals surface area contributed by atoms with E-state index in [0.717, 1.165) is 6.07 Å². The van der Waals surface area contributed by atoms with Crippen molar-refractivity contribution in [2.75, 3.05) is 5.32 Å². The predicted molar refractivity (Wildman–Crippen MR) is 107 cm³/mol. The van der Waals surface area contributed by atoms with Crippen molar-refractivity contribution in [2.24, 2.45) is 5.73 Å². The van der Waals surface area contributed by atoms with Crippen LogP contribution in [0.25, 0.3) is 11.0 Å². The Balaban J connectivity index is 1.86. The first-order valence-corrected chi connectivity index (χ1v) is 9.35. The number of furan rings is 2. The molecule has 3 aromatic rings. The lowest BCUT2D eigenvalue weighted by molar-refractivity contribution is 0.0977. The molecule has 8 heteroatoms. The number of hydrogen-bond acceptors (Lipinski definition) is 5. The number of carbonyl (C=O) groups excluding carboxylic acids is 2. The molecule has 0 aliphatic carbocycles. The molecule has 3 N–H and O–H groups in total. The molecule has 0 saturated carbocycles. The molecule has 29 heavy (non-hydrogen) atoms. The Bertz CT molecular complexity index is 1040. The number of primary amides is 1. The summed E-state index contributed by atoms with van der Waals surface area (Å²) in [5.74, 6) is -1.55. The third-order valence-corrected chi connectivity index (χ3v) is 4.66. The molecule has 0 radical (unpaired) electrons. The molecule has 2 amide bonds. The van der Waals surface area contributed by atoms with Crippen molar-refractivity contribution in [3.05, 3.63) is 53.4 Å². The second-order valence-electron chi connectivity index (χ2n) is 7.39. The standard InChI is InChI=1S/C21H24FN3O4/c1-11(2)25(12(3)4)10-14-6-8-17(28-14)21(27)24-18-15-9-13(22)5-7-16(15)29-19(18)20(23)26/h5-9,11-12H,10H2,1-4H3,(H2,23,26)(H,24,27). The Hall–Kier alpha value is -3.13. The lowest BCUT2D eigenvalue weighted by Gasteiger charge is -2.29. The highest BCUT2D eigenvalue weighted by molar-refractivity contribution is 6.13. The Morgan fingerprint density at radius 3 is 2.41 bits per heavy atom. The normalized spacial score (nSPS) is 11.7. The Labute approximate surface area is 167 Å². The van der Waals surface area contributed by atoms with Crippen LogP contribution in [0.2, 0.25) is 0 Å². The highest BCUT2D eigenvalue weighted by Gasteiger charge is 2.23. The smallest absolute Gasteiger partial charge is 0.291 e. The number of halogens is 1. The fourth-order valence-electron chi connectivity index (χ4n) is 3.27. The highest BCUT2D eigenvalue weighted by atomic mass is 19.1. The van der Waals surface area contributed by atoms with E-state index in [1.807, 2.05) is 0 Å². The molecule has 3 rings (SSSR count). The second kappa shape index (κ2) is 8.08. The zero-order valence-electron chi connectivity index (χ0n) is 16.8. The molecule has 0 bridgehead atoms. The van der Waals surface area contributed by atoms with Gasteiger partial charge in [-0.3, -0.25) is 14.5 Å². The van der Waals surface area contributed by atoms with Gasteiger partial charge in [-0.2, -0.15) is 0 Å². The minimum atomic E-state index is -0.874. The van der Waals surface area contributed by atoms with Crippen LogP contribution in [0.5, 0.6) is 0 Å². The maximum Gasteiger partial charge on any atom is 0.291 e. The summed E-state index contributed by atoms with van der Waals surface area (Å²) in [5.41, 5.74) is 5.59. The molecule has 7 nitrogen and oxygen atoms in total. The Kier molecular flexibility index (Phi) is 5.74. The second-order valence-corrected chi connectivity index (χ2v) is 7.39. The van der Waals surface area contributed by atoms with Crippen LogP contribution in [-0.4, -0.2) is 28.8 Å². The number of carbonyl (C=O) groups is 2. The van der Waals surface area contributed by atoms with Gasteiger partial charge in [-0.25, -0.2) is 4.39 Å². The van der Waals surface area contributed by atoms with Gasteiger partial charge in [0.15, 0.2) is 5.76 Å². The fourth-order valence-corrected chi connectivity index (χ4v) is 3.27. The summed E-state index contributed by atoms with van der Waals surface area (Å²) in [5, 5.41) is 2.80. The summed E-state index contributed by atoms with van der Waals surface area (Å²) in [6.07, 6.45) is 0. The molecule has 0 spiro atoms. The van der Waals surface area contributed by atoms with E-state index in [9.17, 15) is 14.0 Å². The summed E-state index contributed by atoms with van der Waals surface area (Å²) < 4.78 is 24.7. The average Bonchev–Trinajstić information content (AvgIpc) is 3.24.